The summed E-state index contributed by atoms with van der Waals surface area (Å²) >= 11 is 5.92. The molecule has 0 bridgehead atoms. The first-order chi connectivity index (χ1) is 16.1. The highest BCUT2D eigenvalue weighted by Gasteiger charge is 2.20. The van der Waals surface area contributed by atoms with Crippen molar-refractivity contribution >= 4 is 34.8 Å². The van der Waals surface area contributed by atoms with Gasteiger partial charge >= 0.3 is 0 Å². The van der Waals surface area contributed by atoms with Crippen LogP contribution in [0.4, 0.5) is 11.4 Å². The van der Waals surface area contributed by atoms with E-state index < -0.39 is 0 Å². The van der Waals surface area contributed by atoms with Gasteiger partial charge < -0.3 is 10.6 Å². The minimum Gasteiger partial charge on any atom is -0.325 e. The largest absolute Gasteiger partial charge is 0.325 e. The van der Waals surface area contributed by atoms with Crippen LogP contribution in [0, 0.1) is 0 Å². The Bertz CT molecular complexity index is 1190. The van der Waals surface area contributed by atoms with Crippen LogP contribution in [0.3, 0.4) is 0 Å². The topological polar surface area (TPSA) is 58.2 Å². The molecule has 0 atom stereocenters. The number of carbonyl (C=O) groups excluding carboxylic acids is 2. The second-order valence-electron chi connectivity index (χ2n) is 7.63. The molecule has 0 unspecified atom stereocenters. The van der Waals surface area contributed by atoms with Gasteiger partial charge in [-0.3, -0.25) is 9.59 Å². The first kappa shape index (κ1) is 22.3. The van der Waals surface area contributed by atoms with E-state index in [4.69, 9.17) is 11.6 Å². The first-order valence-corrected chi connectivity index (χ1v) is 11.0. The van der Waals surface area contributed by atoms with Crippen molar-refractivity contribution in [1.82, 2.24) is 0 Å². The lowest BCUT2D eigenvalue weighted by atomic mass is 9.88. The van der Waals surface area contributed by atoms with E-state index in [1.54, 1.807) is 48.5 Å². The number of para-hydroxylation sites is 1. The van der Waals surface area contributed by atoms with Crippen LogP contribution >= 0.6 is 11.6 Å². The molecule has 0 aliphatic rings. The number of anilines is 2. The zero-order chi connectivity index (χ0) is 23.0. The highest BCUT2D eigenvalue weighted by molar-refractivity contribution is 6.30. The van der Waals surface area contributed by atoms with Crippen LogP contribution in [0.2, 0.25) is 5.02 Å². The molecule has 0 aliphatic carbocycles. The molecule has 4 nitrogen and oxygen atoms in total. The summed E-state index contributed by atoms with van der Waals surface area (Å²) in [6.07, 6.45) is 0.251. The average Bonchev–Trinajstić information content (AvgIpc) is 2.85. The van der Waals surface area contributed by atoms with Crippen molar-refractivity contribution in [3.63, 3.8) is 0 Å². The molecule has 4 aromatic carbocycles. The van der Waals surface area contributed by atoms with E-state index in [-0.39, 0.29) is 24.2 Å². The lowest BCUT2D eigenvalue weighted by Gasteiger charge is -2.18. The Kier molecular flexibility index (Phi) is 7.18. The quantitative estimate of drug-likeness (QED) is 0.324. The van der Waals surface area contributed by atoms with Crippen molar-refractivity contribution in [2.24, 2.45) is 0 Å². The fourth-order valence-electron chi connectivity index (χ4n) is 3.71. The molecule has 164 valence electrons. The molecule has 0 aliphatic heterocycles. The molecule has 0 saturated heterocycles. The van der Waals surface area contributed by atoms with Gasteiger partial charge in [-0.2, -0.15) is 0 Å². The van der Waals surface area contributed by atoms with E-state index in [1.165, 1.54) is 0 Å². The molecule has 0 radical (unpaired) electrons. The highest BCUT2D eigenvalue weighted by Crippen LogP contribution is 2.29. The number of rotatable bonds is 7. The van der Waals surface area contributed by atoms with Crippen LogP contribution in [0.15, 0.2) is 109 Å². The SMILES string of the molecule is O=C(CC(c1ccccc1)c1ccccc1)Nc1ccccc1C(=O)Nc1ccc(Cl)cc1. The van der Waals surface area contributed by atoms with E-state index in [2.05, 4.69) is 10.6 Å². The Labute approximate surface area is 198 Å². The fourth-order valence-corrected chi connectivity index (χ4v) is 3.83. The van der Waals surface area contributed by atoms with Gasteiger partial charge in [-0.15, -0.1) is 0 Å². The molecule has 0 saturated carbocycles. The van der Waals surface area contributed by atoms with Gasteiger partial charge in [0.25, 0.3) is 5.91 Å². The molecular formula is C28H23ClN2O2. The monoisotopic (exact) mass is 454 g/mol. The van der Waals surface area contributed by atoms with Crippen LogP contribution in [-0.2, 0) is 4.79 Å². The van der Waals surface area contributed by atoms with E-state index in [0.717, 1.165) is 11.1 Å². The predicted molar refractivity (Wildman–Crippen MR) is 134 cm³/mol. The Balaban J connectivity index is 1.52. The molecule has 4 aromatic rings. The van der Waals surface area contributed by atoms with Crippen molar-refractivity contribution < 1.29 is 9.59 Å². The Hall–Kier alpha value is -3.89. The Morgan fingerprint density at radius 1 is 0.667 bits per heavy atom. The van der Waals surface area contributed by atoms with Crippen LogP contribution < -0.4 is 10.6 Å². The van der Waals surface area contributed by atoms with Crippen molar-refractivity contribution in [3.8, 4) is 0 Å². The average molecular weight is 455 g/mol. The normalized spacial score (nSPS) is 10.6. The molecule has 4 rings (SSSR count). The van der Waals surface area contributed by atoms with Crippen LogP contribution in [0.25, 0.3) is 0 Å². The molecule has 2 amide bonds. The van der Waals surface area contributed by atoms with Gasteiger partial charge in [0.05, 0.1) is 11.3 Å². The zero-order valence-corrected chi connectivity index (χ0v) is 18.6. The second kappa shape index (κ2) is 10.6. The van der Waals surface area contributed by atoms with Gasteiger partial charge in [0.1, 0.15) is 0 Å². The molecule has 0 fully saturated rings. The molecular weight excluding hydrogens is 432 g/mol. The third-order valence-corrected chi connectivity index (χ3v) is 5.59. The third-order valence-electron chi connectivity index (χ3n) is 5.34. The molecule has 5 heteroatoms. The summed E-state index contributed by atoms with van der Waals surface area (Å²) in [7, 11) is 0. The maximum atomic E-state index is 13.1. The number of amides is 2. The summed E-state index contributed by atoms with van der Waals surface area (Å²) in [6.45, 7) is 0. The summed E-state index contributed by atoms with van der Waals surface area (Å²) in [5.74, 6) is -0.571. The number of halogens is 1. The molecule has 2 N–H and O–H groups in total. The summed E-state index contributed by atoms with van der Waals surface area (Å²) in [5.41, 5.74) is 3.60. The number of hydrogen-bond acceptors (Lipinski definition) is 2. The second-order valence-corrected chi connectivity index (χ2v) is 8.07. The van der Waals surface area contributed by atoms with Crippen molar-refractivity contribution in [2.75, 3.05) is 10.6 Å². The van der Waals surface area contributed by atoms with Crippen LogP contribution in [0.5, 0.6) is 0 Å². The summed E-state index contributed by atoms with van der Waals surface area (Å²) in [4.78, 5) is 26.0. The van der Waals surface area contributed by atoms with E-state index in [9.17, 15) is 9.59 Å². The standard InChI is InChI=1S/C28H23ClN2O2/c29-22-15-17-23(18-16-22)30-28(33)24-13-7-8-14-26(24)31-27(32)19-25(20-9-3-1-4-10-20)21-11-5-2-6-12-21/h1-18,25H,19H2,(H,30,33)(H,31,32). The number of hydrogen-bond donors (Lipinski definition) is 2. The van der Waals surface area contributed by atoms with E-state index in [0.29, 0.717) is 22.0 Å². The predicted octanol–water partition coefficient (Wildman–Crippen LogP) is 6.75. The Morgan fingerprint density at radius 2 is 1.21 bits per heavy atom. The minimum absolute atomic E-state index is 0.0949. The van der Waals surface area contributed by atoms with Crippen LogP contribution in [-0.4, -0.2) is 11.8 Å². The lowest BCUT2D eigenvalue weighted by molar-refractivity contribution is -0.116. The van der Waals surface area contributed by atoms with E-state index >= 15 is 0 Å². The van der Waals surface area contributed by atoms with E-state index in [1.807, 2.05) is 60.7 Å². The molecule has 0 aromatic heterocycles. The summed E-state index contributed by atoms with van der Waals surface area (Å²) in [6, 6.07) is 33.8. The first-order valence-electron chi connectivity index (χ1n) is 10.7. The summed E-state index contributed by atoms with van der Waals surface area (Å²) < 4.78 is 0. The van der Waals surface area contributed by atoms with Gasteiger partial charge in [-0.25, -0.2) is 0 Å². The lowest BCUT2D eigenvalue weighted by Crippen LogP contribution is -2.20. The minimum atomic E-state index is -0.309. The van der Waals surface area contributed by atoms with Crippen molar-refractivity contribution in [3.05, 3.63) is 131 Å². The van der Waals surface area contributed by atoms with Gasteiger partial charge in [0.15, 0.2) is 0 Å². The zero-order valence-electron chi connectivity index (χ0n) is 17.9. The summed E-state index contributed by atoms with van der Waals surface area (Å²) in [5, 5.41) is 6.37. The Morgan fingerprint density at radius 3 is 1.82 bits per heavy atom. The number of carbonyl (C=O) groups is 2. The van der Waals surface area contributed by atoms with Gasteiger partial charge in [0.2, 0.25) is 5.91 Å². The maximum Gasteiger partial charge on any atom is 0.257 e. The molecule has 0 heterocycles. The van der Waals surface area contributed by atoms with Crippen LogP contribution in [0.1, 0.15) is 33.8 Å². The fraction of sp³-hybridized carbons (Fsp3) is 0.0714. The third kappa shape index (κ3) is 5.88. The van der Waals surface area contributed by atoms with Gasteiger partial charge in [-0.05, 0) is 47.5 Å². The van der Waals surface area contributed by atoms with Crippen molar-refractivity contribution in [1.29, 1.82) is 0 Å². The smallest absolute Gasteiger partial charge is 0.257 e. The maximum absolute atomic E-state index is 13.1. The highest BCUT2D eigenvalue weighted by atomic mass is 35.5. The molecule has 0 spiro atoms. The van der Waals surface area contributed by atoms with Crippen molar-refractivity contribution in [2.45, 2.75) is 12.3 Å². The number of benzene rings is 4. The van der Waals surface area contributed by atoms with Gasteiger partial charge in [0, 0.05) is 23.0 Å². The molecule has 33 heavy (non-hydrogen) atoms. The number of nitrogens with one attached hydrogen (secondary N) is 2. The van der Waals surface area contributed by atoms with Gasteiger partial charge in [-0.1, -0.05) is 84.4 Å².